The molecule has 2 aromatic heterocycles. The van der Waals surface area contributed by atoms with Gasteiger partial charge in [0.15, 0.2) is 0 Å². The van der Waals surface area contributed by atoms with E-state index in [4.69, 9.17) is 10.00 Å². The van der Waals surface area contributed by atoms with E-state index in [-0.39, 0.29) is 11.9 Å². The molecule has 1 aromatic carbocycles. The van der Waals surface area contributed by atoms with Gasteiger partial charge in [0.05, 0.1) is 11.6 Å². The minimum absolute atomic E-state index is 0.0328. The summed E-state index contributed by atoms with van der Waals surface area (Å²) >= 11 is 0. The van der Waals surface area contributed by atoms with Crippen LogP contribution in [-0.4, -0.2) is 40.0 Å². The standard InChI is InChI=1S/C26H24N4O2/c1-17-7-9-23(19-5-3-2-4-6-19)25(29-17)26(31)30-15-21-11-20(21)12-22(30)16-32-24-10-8-18(13-27)14-28-24/h2-10,14,20-22H,11-12,15-16H2,1H3/t20-,21+,22?/m1/s1. The maximum atomic E-state index is 13.8. The second-order valence-electron chi connectivity index (χ2n) is 8.63. The first kappa shape index (κ1) is 20.2. The Bertz CT molecular complexity index is 1170. The molecule has 3 atom stereocenters. The third kappa shape index (κ3) is 4.06. The van der Waals surface area contributed by atoms with Gasteiger partial charge in [-0.25, -0.2) is 9.97 Å². The number of amides is 1. The summed E-state index contributed by atoms with van der Waals surface area (Å²) in [6.07, 6.45) is 3.60. The lowest BCUT2D eigenvalue weighted by atomic mass is 9.99. The van der Waals surface area contributed by atoms with Crippen molar-refractivity contribution in [3.63, 3.8) is 0 Å². The Morgan fingerprint density at radius 2 is 1.97 bits per heavy atom. The quantitative estimate of drug-likeness (QED) is 0.612. The minimum atomic E-state index is -0.0423. The second kappa shape index (κ2) is 8.43. The average Bonchev–Trinajstić information content (AvgIpc) is 3.61. The van der Waals surface area contributed by atoms with Crippen molar-refractivity contribution in [2.75, 3.05) is 13.2 Å². The molecule has 0 radical (unpaired) electrons. The van der Waals surface area contributed by atoms with Crippen LogP contribution < -0.4 is 4.74 Å². The van der Waals surface area contributed by atoms with Crippen LogP contribution in [0.1, 0.15) is 34.6 Å². The van der Waals surface area contributed by atoms with Gasteiger partial charge in [0.2, 0.25) is 5.88 Å². The summed E-state index contributed by atoms with van der Waals surface area (Å²) in [7, 11) is 0. The van der Waals surface area contributed by atoms with Gasteiger partial charge in [-0.1, -0.05) is 36.4 Å². The fourth-order valence-electron chi connectivity index (χ4n) is 4.53. The predicted molar refractivity (Wildman–Crippen MR) is 120 cm³/mol. The van der Waals surface area contributed by atoms with Crippen molar-refractivity contribution in [3.05, 3.63) is 77.7 Å². The van der Waals surface area contributed by atoms with Gasteiger partial charge >= 0.3 is 0 Å². The lowest BCUT2D eigenvalue weighted by Gasteiger charge is -2.35. The number of hydrogen-bond donors (Lipinski definition) is 0. The summed E-state index contributed by atoms with van der Waals surface area (Å²) in [4.78, 5) is 24.6. The topological polar surface area (TPSA) is 79.1 Å². The lowest BCUT2D eigenvalue weighted by Crippen LogP contribution is -2.48. The fourth-order valence-corrected chi connectivity index (χ4v) is 4.53. The van der Waals surface area contributed by atoms with E-state index in [2.05, 4.69) is 16.0 Å². The van der Waals surface area contributed by atoms with Crippen molar-refractivity contribution in [2.24, 2.45) is 11.8 Å². The molecule has 3 heterocycles. The van der Waals surface area contributed by atoms with E-state index >= 15 is 0 Å². The molecule has 160 valence electrons. The van der Waals surface area contributed by atoms with E-state index in [1.54, 1.807) is 12.1 Å². The summed E-state index contributed by atoms with van der Waals surface area (Å²) in [6.45, 7) is 3.03. The molecule has 0 spiro atoms. The maximum Gasteiger partial charge on any atom is 0.273 e. The van der Waals surface area contributed by atoms with Gasteiger partial charge in [-0.05, 0) is 49.3 Å². The van der Waals surface area contributed by atoms with Gasteiger partial charge in [0, 0.05) is 30.1 Å². The number of likely N-dealkylation sites (tertiary alicyclic amines) is 1. The smallest absolute Gasteiger partial charge is 0.273 e. The van der Waals surface area contributed by atoms with E-state index in [0.29, 0.717) is 35.6 Å². The SMILES string of the molecule is Cc1ccc(-c2ccccc2)c(C(=O)N2C[C@@H]3C[C@@H]3CC2COc2ccc(C#N)cn2)n1. The minimum Gasteiger partial charge on any atom is -0.475 e. The van der Waals surface area contributed by atoms with Crippen LogP contribution in [0.15, 0.2) is 60.8 Å². The van der Waals surface area contributed by atoms with E-state index in [1.165, 1.54) is 12.6 Å². The number of ether oxygens (including phenoxy) is 1. The molecule has 5 rings (SSSR count). The number of benzene rings is 1. The number of fused-ring (bicyclic) bond motifs is 1. The highest BCUT2D eigenvalue weighted by Crippen LogP contribution is 2.47. The number of piperidine rings is 1. The number of pyridine rings is 2. The van der Waals surface area contributed by atoms with Crippen LogP contribution in [0.25, 0.3) is 11.1 Å². The van der Waals surface area contributed by atoms with Crippen molar-refractivity contribution < 1.29 is 9.53 Å². The lowest BCUT2D eigenvalue weighted by molar-refractivity contribution is 0.0503. The van der Waals surface area contributed by atoms with Gasteiger partial charge in [0.1, 0.15) is 18.4 Å². The van der Waals surface area contributed by atoms with Gasteiger partial charge in [0.25, 0.3) is 5.91 Å². The number of hydrogen-bond acceptors (Lipinski definition) is 5. The van der Waals surface area contributed by atoms with E-state index in [1.807, 2.05) is 54.3 Å². The first-order valence-electron chi connectivity index (χ1n) is 11.0. The molecule has 2 aliphatic rings. The van der Waals surface area contributed by atoms with Crippen LogP contribution in [0.5, 0.6) is 5.88 Å². The van der Waals surface area contributed by atoms with Crippen LogP contribution in [0.2, 0.25) is 0 Å². The first-order chi connectivity index (χ1) is 15.6. The third-order valence-corrected chi connectivity index (χ3v) is 6.39. The van der Waals surface area contributed by atoms with Crippen molar-refractivity contribution in [3.8, 4) is 23.1 Å². The average molecular weight is 425 g/mol. The summed E-state index contributed by atoms with van der Waals surface area (Å²) in [5, 5.41) is 8.94. The molecule has 6 heteroatoms. The van der Waals surface area contributed by atoms with E-state index in [9.17, 15) is 4.79 Å². The van der Waals surface area contributed by atoms with Gasteiger partial charge in [-0.3, -0.25) is 4.79 Å². The summed E-state index contributed by atoms with van der Waals surface area (Å²) in [6, 6.07) is 19.3. The predicted octanol–water partition coefficient (Wildman–Crippen LogP) is 4.25. The Hall–Kier alpha value is -3.72. The molecular weight excluding hydrogens is 400 g/mol. The number of carbonyl (C=O) groups is 1. The molecule has 2 fully saturated rings. The van der Waals surface area contributed by atoms with Gasteiger partial charge in [-0.2, -0.15) is 5.26 Å². The number of nitrogens with zero attached hydrogens (tertiary/aromatic N) is 4. The van der Waals surface area contributed by atoms with Crippen LogP contribution in [0, 0.1) is 30.1 Å². The monoisotopic (exact) mass is 424 g/mol. The van der Waals surface area contributed by atoms with Crippen molar-refractivity contribution in [1.29, 1.82) is 5.26 Å². The molecule has 3 aromatic rings. The Morgan fingerprint density at radius 1 is 1.12 bits per heavy atom. The van der Waals surface area contributed by atoms with Gasteiger partial charge < -0.3 is 9.64 Å². The molecule has 0 N–H and O–H groups in total. The first-order valence-corrected chi connectivity index (χ1v) is 11.0. The zero-order valence-corrected chi connectivity index (χ0v) is 17.9. The highest BCUT2D eigenvalue weighted by atomic mass is 16.5. The highest BCUT2D eigenvalue weighted by molar-refractivity contribution is 5.99. The summed E-state index contributed by atoms with van der Waals surface area (Å²) in [5.74, 6) is 1.67. The number of aromatic nitrogens is 2. The Balaban J connectivity index is 1.40. The molecule has 1 aliphatic carbocycles. The third-order valence-electron chi connectivity index (χ3n) is 6.39. The maximum absolute atomic E-state index is 13.8. The van der Waals surface area contributed by atoms with Crippen molar-refractivity contribution in [2.45, 2.75) is 25.8 Å². The number of rotatable bonds is 5. The molecule has 1 saturated carbocycles. The Kier molecular flexibility index (Phi) is 5.32. The largest absolute Gasteiger partial charge is 0.475 e. The van der Waals surface area contributed by atoms with Crippen molar-refractivity contribution >= 4 is 5.91 Å². The molecule has 1 amide bonds. The molecule has 1 unspecified atom stereocenters. The van der Waals surface area contributed by atoms with Crippen molar-refractivity contribution in [1.82, 2.24) is 14.9 Å². The van der Waals surface area contributed by atoms with E-state index in [0.717, 1.165) is 29.8 Å². The summed E-state index contributed by atoms with van der Waals surface area (Å²) in [5.41, 5.74) is 3.65. The normalized spacial score (nSPS) is 21.4. The van der Waals surface area contributed by atoms with Crippen LogP contribution in [0.4, 0.5) is 0 Å². The van der Waals surface area contributed by atoms with Crippen LogP contribution in [-0.2, 0) is 0 Å². The van der Waals surface area contributed by atoms with E-state index < -0.39 is 0 Å². The fraction of sp³-hybridized carbons (Fsp3) is 0.308. The Morgan fingerprint density at radius 3 is 2.72 bits per heavy atom. The molecule has 0 bridgehead atoms. The van der Waals surface area contributed by atoms with Gasteiger partial charge in [-0.15, -0.1) is 0 Å². The number of carbonyl (C=O) groups excluding carboxylic acids is 1. The molecular formula is C26H24N4O2. The number of aryl methyl sites for hydroxylation is 1. The van der Waals surface area contributed by atoms with Crippen LogP contribution in [0.3, 0.4) is 0 Å². The summed E-state index contributed by atoms with van der Waals surface area (Å²) < 4.78 is 5.93. The molecule has 1 aliphatic heterocycles. The molecule has 6 nitrogen and oxygen atoms in total. The zero-order chi connectivity index (χ0) is 22.1. The molecule has 1 saturated heterocycles. The zero-order valence-electron chi connectivity index (χ0n) is 17.9. The van der Waals surface area contributed by atoms with Crippen LogP contribution >= 0.6 is 0 Å². The Labute approximate surface area is 187 Å². The second-order valence-corrected chi connectivity index (χ2v) is 8.63. The highest BCUT2D eigenvalue weighted by Gasteiger charge is 2.47. The molecule has 32 heavy (non-hydrogen) atoms. The number of nitriles is 1.